The van der Waals surface area contributed by atoms with E-state index in [2.05, 4.69) is 19.2 Å². The van der Waals surface area contributed by atoms with Crippen molar-refractivity contribution >= 4 is 21.4 Å². The van der Waals surface area contributed by atoms with Crippen LogP contribution in [-0.2, 0) is 33.9 Å². The highest BCUT2D eigenvalue weighted by molar-refractivity contribution is 7.90. The minimum Gasteiger partial charge on any atom is -0.346 e. The van der Waals surface area contributed by atoms with Crippen molar-refractivity contribution in [3.63, 3.8) is 0 Å². The number of ether oxygens (including phenoxy) is 2. The molecule has 0 aromatic heterocycles. The summed E-state index contributed by atoms with van der Waals surface area (Å²) >= 11 is 0. The number of anilines is 1. The molecule has 2 bridgehead atoms. The van der Waals surface area contributed by atoms with Crippen molar-refractivity contribution in [2.24, 2.45) is 23.7 Å². The van der Waals surface area contributed by atoms with Crippen molar-refractivity contribution < 1.29 is 32.5 Å². The molecule has 8 atom stereocenters. The van der Waals surface area contributed by atoms with Gasteiger partial charge in [0, 0.05) is 30.7 Å². The third-order valence-electron chi connectivity index (χ3n) is 8.52. The summed E-state index contributed by atoms with van der Waals surface area (Å²) in [6.45, 7) is 6.40. The monoisotopic (exact) mass is 493 g/mol. The van der Waals surface area contributed by atoms with Crippen LogP contribution in [-0.4, -0.2) is 44.4 Å². The summed E-state index contributed by atoms with van der Waals surface area (Å²) in [4.78, 5) is 24.9. The largest absolute Gasteiger partial charge is 0.346 e. The van der Waals surface area contributed by atoms with Crippen LogP contribution in [0, 0.1) is 23.7 Å². The topological polar surface area (TPSA) is 100 Å². The molecule has 1 aliphatic carbocycles. The molecule has 5 aliphatic rings. The number of amides is 1. The first kappa shape index (κ1) is 24.2. The van der Waals surface area contributed by atoms with E-state index in [9.17, 15) is 13.2 Å². The molecule has 4 saturated heterocycles. The molecule has 0 unspecified atom stereocenters. The Bertz CT molecular complexity index is 1040. The van der Waals surface area contributed by atoms with E-state index in [1.165, 1.54) is 12.1 Å². The first-order valence-electron chi connectivity index (χ1n) is 12.3. The molecular weight excluding hydrogens is 458 g/mol. The van der Waals surface area contributed by atoms with Gasteiger partial charge in [-0.15, -0.1) is 0 Å². The Morgan fingerprint density at radius 2 is 1.82 bits per heavy atom. The lowest BCUT2D eigenvalue weighted by Crippen LogP contribution is -2.70. The van der Waals surface area contributed by atoms with Gasteiger partial charge in [0.25, 0.3) is 0 Å². The second kappa shape index (κ2) is 8.55. The van der Waals surface area contributed by atoms with E-state index in [1.807, 2.05) is 6.92 Å². The zero-order valence-corrected chi connectivity index (χ0v) is 21.1. The molecule has 1 saturated carbocycles. The zero-order chi connectivity index (χ0) is 24.3. The average molecular weight is 494 g/mol. The molecule has 4 heterocycles. The van der Waals surface area contributed by atoms with E-state index in [0.717, 1.165) is 31.9 Å². The van der Waals surface area contributed by atoms with Crippen molar-refractivity contribution in [1.29, 1.82) is 0 Å². The quantitative estimate of drug-likeness (QED) is 0.618. The average Bonchev–Trinajstić information content (AvgIpc) is 3.01. The first-order chi connectivity index (χ1) is 16.0. The fourth-order valence-electron chi connectivity index (χ4n) is 6.59. The molecule has 1 aromatic carbocycles. The maximum absolute atomic E-state index is 12.7. The number of carbonyl (C=O) groups excluding carboxylic acids is 1. The third kappa shape index (κ3) is 4.09. The van der Waals surface area contributed by atoms with E-state index >= 15 is 0 Å². The lowest BCUT2D eigenvalue weighted by molar-refractivity contribution is -0.571. The molecule has 5 fully saturated rings. The Morgan fingerprint density at radius 3 is 2.53 bits per heavy atom. The Balaban J connectivity index is 1.27. The first-order valence-corrected chi connectivity index (χ1v) is 14.2. The van der Waals surface area contributed by atoms with Crippen molar-refractivity contribution in [3.8, 4) is 0 Å². The standard InChI is InChI=1S/C25H35NO7S/c1-15-5-10-20-16(2)21(30-23-25(20)19(15)13-14-24(3,31-23)32-33-25)11-12-22(27)26-17-6-8-18(9-7-17)34(4,28)29/h6-9,15-16,19-21,23H,5,10-14H2,1-4H3,(H,26,27)/t15-,16-,19+,20+,21-,23-,24+,25-/m1/s1. The van der Waals surface area contributed by atoms with Crippen LogP contribution >= 0.6 is 0 Å². The van der Waals surface area contributed by atoms with Gasteiger partial charge in [-0.3, -0.25) is 4.79 Å². The van der Waals surface area contributed by atoms with E-state index < -0.39 is 27.5 Å². The number of rotatable bonds is 5. The molecule has 1 N–H and O–H groups in total. The van der Waals surface area contributed by atoms with Crippen molar-refractivity contribution in [2.45, 2.75) is 88.0 Å². The van der Waals surface area contributed by atoms with Gasteiger partial charge in [0.1, 0.15) is 0 Å². The summed E-state index contributed by atoms with van der Waals surface area (Å²) in [5, 5.41) is 2.86. The molecule has 0 radical (unpaired) electrons. The molecule has 34 heavy (non-hydrogen) atoms. The van der Waals surface area contributed by atoms with Crippen molar-refractivity contribution in [3.05, 3.63) is 24.3 Å². The number of nitrogens with one attached hydrogen (secondary N) is 1. The number of hydrogen-bond acceptors (Lipinski definition) is 7. The fourth-order valence-corrected chi connectivity index (χ4v) is 7.22. The third-order valence-corrected chi connectivity index (χ3v) is 9.65. The van der Waals surface area contributed by atoms with Gasteiger partial charge < -0.3 is 14.8 Å². The molecule has 1 aromatic rings. The maximum Gasteiger partial charge on any atom is 0.224 e. The SMILES string of the molecule is C[C@H]1[C@@H](CCC(=O)Nc2ccc(S(C)(=O)=O)cc2)O[C@@H]2O[C@]3(C)CC[C@H]4[C@H](C)CC[C@@H]1[C@@]24OO3. The predicted molar refractivity (Wildman–Crippen MR) is 124 cm³/mol. The molecule has 1 amide bonds. The number of sulfone groups is 1. The normalized spacial score (nSPS) is 41.4. The van der Waals surface area contributed by atoms with Crippen LogP contribution in [0.3, 0.4) is 0 Å². The van der Waals surface area contributed by atoms with Crippen LogP contribution in [0.4, 0.5) is 5.69 Å². The Kier molecular flexibility index (Phi) is 6.08. The lowest BCUT2D eigenvalue weighted by atomic mass is 9.57. The van der Waals surface area contributed by atoms with Crippen LogP contribution in [0.25, 0.3) is 0 Å². The molecular formula is C25H35NO7S. The highest BCUT2D eigenvalue weighted by Gasteiger charge is 2.69. The van der Waals surface area contributed by atoms with E-state index in [1.54, 1.807) is 12.1 Å². The summed E-state index contributed by atoms with van der Waals surface area (Å²) in [5.74, 6) is 0.335. The van der Waals surface area contributed by atoms with Gasteiger partial charge in [-0.05, 0) is 74.6 Å². The fraction of sp³-hybridized carbons (Fsp3) is 0.720. The number of benzene rings is 1. The van der Waals surface area contributed by atoms with E-state index in [4.69, 9.17) is 19.2 Å². The highest BCUT2D eigenvalue weighted by atomic mass is 32.2. The van der Waals surface area contributed by atoms with Gasteiger partial charge >= 0.3 is 0 Å². The number of fused-ring (bicyclic) bond motifs is 2. The van der Waals surface area contributed by atoms with Gasteiger partial charge in [0.05, 0.1) is 11.0 Å². The van der Waals surface area contributed by atoms with Gasteiger partial charge in [0.15, 0.2) is 21.7 Å². The van der Waals surface area contributed by atoms with Gasteiger partial charge in [0.2, 0.25) is 11.7 Å². The van der Waals surface area contributed by atoms with E-state index in [0.29, 0.717) is 30.4 Å². The summed E-state index contributed by atoms with van der Waals surface area (Å²) in [5.41, 5.74) is -0.0197. The van der Waals surface area contributed by atoms with Crippen LogP contribution in [0.1, 0.15) is 59.3 Å². The zero-order valence-electron chi connectivity index (χ0n) is 20.3. The lowest BCUT2D eigenvalue weighted by Gasteiger charge is -2.60. The van der Waals surface area contributed by atoms with Crippen LogP contribution in [0.5, 0.6) is 0 Å². The van der Waals surface area contributed by atoms with Crippen LogP contribution in [0.2, 0.25) is 0 Å². The Morgan fingerprint density at radius 1 is 1.09 bits per heavy atom. The molecule has 8 nitrogen and oxygen atoms in total. The Labute approximate surface area is 201 Å². The molecule has 188 valence electrons. The number of carbonyl (C=O) groups is 1. The van der Waals surface area contributed by atoms with Gasteiger partial charge in [-0.25, -0.2) is 18.2 Å². The van der Waals surface area contributed by atoms with Crippen molar-refractivity contribution in [2.75, 3.05) is 11.6 Å². The summed E-state index contributed by atoms with van der Waals surface area (Å²) in [6, 6.07) is 6.21. The minimum absolute atomic E-state index is 0.125. The van der Waals surface area contributed by atoms with Crippen LogP contribution in [0.15, 0.2) is 29.2 Å². The minimum atomic E-state index is -3.27. The Hall–Kier alpha value is -1.52. The maximum atomic E-state index is 12.7. The molecule has 6 rings (SSSR count). The molecule has 1 spiro atoms. The summed E-state index contributed by atoms with van der Waals surface area (Å²) < 4.78 is 36.2. The summed E-state index contributed by atoms with van der Waals surface area (Å²) in [7, 11) is -3.27. The van der Waals surface area contributed by atoms with E-state index in [-0.39, 0.29) is 28.7 Å². The highest BCUT2D eigenvalue weighted by Crippen LogP contribution is 2.60. The molecule has 9 heteroatoms. The second-order valence-electron chi connectivity index (χ2n) is 10.8. The summed E-state index contributed by atoms with van der Waals surface area (Å²) in [6.07, 6.45) is 5.33. The molecule has 4 aliphatic heterocycles. The van der Waals surface area contributed by atoms with Gasteiger partial charge in [-0.2, -0.15) is 0 Å². The van der Waals surface area contributed by atoms with Crippen molar-refractivity contribution in [1.82, 2.24) is 0 Å². The number of hydrogen-bond donors (Lipinski definition) is 1. The predicted octanol–water partition coefficient (Wildman–Crippen LogP) is 4.06. The second-order valence-corrected chi connectivity index (χ2v) is 12.8. The van der Waals surface area contributed by atoms with Crippen LogP contribution < -0.4 is 5.32 Å². The van der Waals surface area contributed by atoms with Gasteiger partial charge in [-0.1, -0.05) is 13.8 Å². The smallest absolute Gasteiger partial charge is 0.224 e.